The number of rotatable bonds is 3. The van der Waals surface area contributed by atoms with Crippen molar-refractivity contribution in [2.45, 2.75) is 96.7 Å². The Labute approximate surface area is 174 Å². The smallest absolute Gasteiger partial charge is 0.335 e. The quantitative estimate of drug-likeness (QED) is 0.756. The number of aliphatic hydroxyl groups excluding tert-OH is 1. The Bertz CT molecular complexity index is 778. The number of aliphatic hydroxyl groups is 2. The number of hydrogen-bond donors (Lipinski definition) is 2. The molecule has 8 atom stereocenters. The van der Waals surface area contributed by atoms with Crippen molar-refractivity contribution in [1.29, 1.82) is 0 Å². The maximum Gasteiger partial charge on any atom is 0.335 e. The van der Waals surface area contributed by atoms with Gasteiger partial charge in [-0.05, 0) is 99.0 Å². The summed E-state index contributed by atoms with van der Waals surface area (Å²) in [6.07, 6.45) is 9.53. The highest BCUT2D eigenvalue weighted by Crippen LogP contribution is 2.66. The molecule has 0 bridgehead atoms. The summed E-state index contributed by atoms with van der Waals surface area (Å²) in [6, 6.07) is 3.38. The van der Waals surface area contributed by atoms with Crippen LogP contribution in [0.1, 0.15) is 90.5 Å². The van der Waals surface area contributed by atoms with Gasteiger partial charge >= 0.3 is 5.63 Å². The molecule has 0 radical (unpaired) electrons. The van der Waals surface area contributed by atoms with Crippen molar-refractivity contribution in [2.24, 2.45) is 28.6 Å². The highest BCUT2D eigenvalue weighted by molar-refractivity contribution is 5.22. The van der Waals surface area contributed by atoms with E-state index in [0.717, 1.165) is 56.9 Å². The van der Waals surface area contributed by atoms with Crippen molar-refractivity contribution < 1.29 is 14.6 Å². The first kappa shape index (κ1) is 21.1. The second kappa shape index (κ2) is 7.23. The Morgan fingerprint density at radius 1 is 1.10 bits per heavy atom. The zero-order valence-corrected chi connectivity index (χ0v) is 18.5. The summed E-state index contributed by atoms with van der Waals surface area (Å²) in [7, 11) is 0. The van der Waals surface area contributed by atoms with Crippen LogP contribution in [-0.4, -0.2) is 21.9 Å². The van der Waals surface area contributed by atoms with Gasteiger partial charge in [-0.3, -0.25) is 0 Å². The van der Waals surface area contributed by atoms with Gasteiger partial charge < -0.3 is 14.6 Å². The molecule has 0 spiro atoms. The highest BCUT2D eigenvalue weighted by Gasteiger charge is 2.63. The summed E-state index contributed by atoms with van der Waals surface area (Å²) in [6.45, 7) is 8.93. The SMILES string of the molecule is CCC(c1ccc(=O)oc1)C1(C)CCC2C(CCC3CC(O)CCC32C)C1(C)O. The topological polar surface area (TPSA) is 70.7 Å². The van der Waals surface area contributed by atoms with Gasteiger partial charge in [-0.15, -0.1) is 0 Å². The average molecular weight is 403 g/mol. The fraction of sp³-hybridized carbons (Fsp3) is 0.800. The van der Waals surface area contributed by atoms with Gasteiger partial charge in [0.25, 0.3) is 0 Å². The van der Waals surface area contributed by atoms with Gasteiger partial charge in [-0.25, -0.2) is 4.79 Å². The Hall–Kier alpha value is -1.13. The van der Waals surface area contributed by atoms with Gasteiger partial charge in [0.05, 0.1) is 18.0 Å². The molecular formula is C25H38O4. The molecule has 0 aliphatic heterocycles. The molecule has 1 aromatic rings. The largest absolute Gasteiger partial charge is 0.431 e. The molecule has 0 saturated heterocycles. The second-order valence-corrected chi connectivity index (χ2v) is 10.9. The van der Waals surface area contributed by atoms with E-state index in [-0.39, 0.29) is 34.4 Å². The van der Waals surface area contributed by atoms with Crippen molar-refractivity contribution in [2.75, 3.05) is 0 Å². The van der Waals surface area contributed by atoms with E-state index < -0.39 is 5.60 Å². The predicted octanol–water partition coefficient (Wildman–Crippen LogP) is 4.88. The maximum absolute atomic E-state index is 12.1. The molecule has 3 saturated carbocycles. The van der Waals surface area contributed by atoms with Crippen LogP contribution in [0.4, 0.5) is 0 Å². The molecule has 8 unspecified atom stereocenters. The molecule has 3 fully saturated rings. The lowest BCUT2D eigenvalue weighted by atomic mass is 9.42. The average Bonchev–Trinajstić information content (AvgIpc) is 2.67. The van der Waals surface area contributed by atoms with Crippen LogP contribution < -0.4 is 5.63 Å². The summed E-state index contributed by atoms with van der Waals surface area (Å²) in [5.41, 5.74) is -0.116. The summed E-state index contributed by atoms with van der Waals surface area (Å²) >= 11 is 0. The minimum Gasteiger partial charge on any atom is -0.431 e. The molecule has 1 heterocycles. The fourth-order valence-electron chi connectivity index (χ4n) is 7.86. The maximum atomic E-state index is 12.1. The Balaban J connectivity index is 1.67. The predicted molar refractivity (Wildman–Crippen MR) is 114 cm³/mol. The fourth-order valence-corrected chi connectivity index (χ4v) is 7.86. The Morgan fingerprint density at radius 3 is 2.52 bits per heavy atom. The van der Waals surface area contributed by atoms with E-state index in [1.54, 1.807) is 6.26 Å². The lowest BCUT2D eigenvalue weighted by Gasteiger charge is -2.65. The number of fused-ring (bicyclic) bond motifs is 3. The van der Waals surface area contributed by atoms with Crippen molar-refractivity contribution in [3.8, 4) is 0 Å². The van der Waals surface area contributed by atoms with E-state index in [0.29, 0.717) is 11.8 Å². The third kappa shape index (κ3) is 3.13. The van der Waals surface area contributed by atoms with Crippen molar-refractivity contribution >= 4 is 0 Å². The number of hydrogen-bond acceptors (Lipinski definition) is 4. The van der Waals surface area contributed by atoms with Crippen LogP contribution in [0.5, 0.6) is 0 Å². The van der Waals surface area contributed by atoms with Crippen LogP contribution in [0.2, 0.25) is 0 Å². The van der Waals surface area contributed by atoms with Gasteiger partial charge in [0, 0.05) is 11.5 Å². The lowest BCUT2D eigenvalue weighted by molar-refractivity contribution is -0.214. The van der Waals surface area contributed by atoms with Crippen molar-refractivity contribution in [1.82, 2.24) is 0 Å². The van der Waals surface area contributed by atoms with Crippen LogP contribution in [0.15, 0.2) is 27.6 Å². The van der Waals surface area contributed by atoms with Crippen molar-refractivity contribution in [3.05, 3.63) is 34.4 Å². The first-order chi connectivity index (χ1) is 13.6. The third-order valence-corrected chi connectivity index (χ3v) is 9.82. The minimum atomic E-state index is -0.781. The summed E-state index contributed by atoms with van der Waals surface area (Å²) in [5, 5.41) is 22.3. The van der Waals surface area contributed by atoms with E-state index in [2.05, 4.69) is 27.7 Å². The van der Waals surface area contributed by atoms with Gasteiger partial charge in [-0.2, -0.15) is 0 Å². The molecule has 2 N–H and O–H groups in total. The summed E-state index contributed by atoms with van der Waals surface area (Å²) in [5.74, 6) is 1.53. The molecule has 3 aliphatic carbocycles. The Kier molecular flexibility index (Phi) is 5.26. The van der Waals surface area contributed by atoms with E-state index in [4.69, 9.17) is 4.42 Å². The van der Waals surface area contributed by atoms with Crippen LogP contribution in [0.25, 0.3) is 0 Å². The molecule has 0 amide bonds. The molecule has 4 rings (SSSR count). The van der Waals surface area contributed by atoms with E-state index in [1.165, 1.54) is 6.07 Å². The van der Waals surface area contributed by atoms with Crippen LogP contribution in [0.3, 0.4) is 0 Å². The zero-order valence-electron chi connectivity index (χ0n) is 18.5. The molecule has 3 aliphatic rings. The molecule has 29 heavy (non-hydrogen) atoms. The third-order valence-electron chi connectivity index (χ3n) is 9.82. The molecule has 1 aromatic heterocycles. The first-order valence-electron chi connectivity index (χ1n) is 11.6. The summed E-state index contributed by atoms with van der Waals surface area (Å²) < 4.78 is 5.19. The molecule has 162 valence electrons. The second-order valence-electron chi connectivity index (χ2n) is 10.9. The van der Waals surface area contributed by atoms with Crippen LogP contribution >= 0.6 is 0 Å². The van der Waals surface area contributed by atoms with Crippen molar-refractivity contribution in [3.63, 3.8) is 0 Å². The highest BCUT2D eigenvalue weighted by atomic mass is 16.4. The van der Waals surface area contributed by atoms with E-state index >= 15 is 0 Å². The molecule has 4 heteroatoms. The standard InChI is InChI=1S/C25H38O4/c1-5-19(16-6-9-22(27)29-15-16)24(3)13-11-20-21(25(24,4)28)8-7-17-14-18(26)10-12-23(17,20)2/h6,9,15,17-21,26,28H,5,7-8,10-14H2,1-4H3. The molecule has 0 aromatic carbocycles. The monoisotopic (exact) mass is 402 g/mol. The van der Waals surface area contributed by atoms with Crippen LogP contribution in [-0.2, 0) is 0 Å². The summed E-state index contributed by atoms with van der Waals surface area (Å²) in [4.78, 5) is 11.5. The minimum absolute atomic E-state index is 0.142. The lowest BCUT2D eigenvalue weighted by Crippen LogP contribution is -2.63. The van der Waals surface area contributed by atoms with Gasteiger partial charge in [0.15, 0.2) is 0 Å². The molecule has 4 nitrogen and oxygen atoms in total. The Morgan fingerprint density at radius 2 is 1.86 bits per heavy atom. The van der Waals surface area contributed by atoms with E-state index in [1.807, 2.05) is 6.07 Å². The normalized spacial score (nSPS) is 45.9. The van der Waals surface area contributed by atoms with Gasteiger partial charge in [0.2, 0.25) is 0 Å². The van der Waals surface area contributed by atoms with E-state index in [9.17, 15) is 15.0 Å². The van der Waals surface area contributed by atoms with Crippen LogP contribution in [0, 0.1) is 28.6 Å². The molecular weight excluding hydrogens is 364 g/mol. The van der Waals surface area contributed by atoms with Gasteiger partial charge in [0.1, 0.15) is 0 Å². The zero-order chi connectivity index (χ0) is 21.0. The first-order valence-corrected chi connectivity index (χ1v) is 11.6. The van der Waals surface area contributed by atoms with Gasteiger partial charge in [-0.1, -0.05) is 20.8 Å².